The molecule has 7 fully saturated rings. The molecule has 17 heteroatoms. The van der Waals surface area contributed by atoms with E-state index in [0.29, 0.717) is 0 Å². The van der Waals surface area contributed by atoms with Crippen LogP contribution in [-0.2, 0) is 42.6 Å². The fourth-order valence-electron chi connectivity index (χ4n) is 3.46. The van der Waals surface area contributed by atoms with Gasteiger partial charge in [0.2, 0.25) is 0 Å². The molecule has 0 saturated carbocycles. The van der Waals surface area contributed by atoms with E-state index in [2.05, 4.69) is 26.6 Å². The summed E-state index contributed by atoms with van der Waals surface area (Å²) in [4.78, 5) is 0. The zero-order valence-electron chi connectivity index (χ0n) is 32.4. The first-order chi connectivity index (χ1) is 25.2. The highest BCUT2D eigenvalue weighted by Crippen LogP contribution is 1.86. The molecule has 0 aromatic carbocycles. The molecule has 7 rings (SSSR count). The first-order valence-electron chi connectivity index (χ1n) is 18.8. The largest absolute Gasteiger partial charge is 0.397 e. The van der Waals surface area contributed by atoms with E-state index in [-0.39, 0.29) is 19.8 Å². The Kier molecular flexibility index (Phi) is 62.8. The van der Waals surface area contributed by atoms with Crippen LogP contribution in [0.3, 0.4) is 0 Å². The zero-order chi connectivity index (χ0) is 37.8. The van der Waals surface area contributed by atoms with Gasteiger partial charge in [-0.2, -0.15) is 0 Å². The Hall–Kier alpha value is -0.680. The molecular weight excluding hydrogens is 670 g/mol. The van der Waals surface area contributed by atoms with Crippen molar-refractivity contribution < 1.29 is 58.0 Å². The van der Waals surface area contributed by atoms with Crippen molar-refractivity contribution in [3.8, 4) is 0 Å². The lowest BCUT2D eigenvalue weighted by atomic mass is 10.5. The van der Waals surface area contributed by atoms with E-state index in [4.69, 9.17) is 58.0 Å². The Bertz CT molecular complexity index is 325. The predicted molar refractivity (Wildman–Crippen MR) is 200 cm³/mol. The maximum absolute atomic E-state index is 7.57. The molecule has 51 heavy (non-hydrogen) atoms. The summed E-state index contributed by atoms with van der Waals surface area (Å²) in [6.07, 6.45) is 0. The van der Waals surface area contributed by atoms with Crippen LogP contribution in [0.25, 0.3) is 0 Å². The Morgan fingerprint density at radius 3 is 0.392 bits per heavy atom. The van der Waals surface area contributed by atoms with Gasteiger partial charge in [-0.05, 0) is 20.8 Å². The highest BCUT2D eigenvalue weighted by Gasteiger charge is 1.97. The van der Waals surface area contributed by atoms with Crippen molar-refractivity contribution in [1.82, 2.24) is 26.6 Å². The molecule has 0 amide bonds. The van der Waals surface area contributed by atoms with Crippen molar-refractivity contribution >= 4 is 0 Å². The monoisotopic (exact) mass is 750 g/mol. The van der Waals surface area contributed by atoms with E-state index in [1.165, 1.54) is 0 Å². The molecule has 0 unspecified atom stereocenters. The minimum atomic E-state index is 0.250. The molecule has 7 saturated heterocycles. The second-order valence-electron chi connectivity index (χ2n) is 10.2. The van der Waals surface area contributed by atoms with Gasteiger partial charge in [-0.1, -0.05) is 0 Å². The molecule has 312 valence electrons. The van der Waals surface area contributed by atoms with Gasteiger partial charge in [0.25, 0.3) is 0 Å². The molecule has 7 heterocycles. The lowest BCUT2D eigenvalue weighted by Gasteiger charge is -2.10. The number of nitrogens with one attached hydrogen (secondary N) is 5. The Morgan fingerprint density at radius 1 is 0.255 bits per heavy atom. The summed E-state index contributed by atoms with van der Waals surface area (Å²) in [5, 5.41) is 38.5. The number of rotatable bonds is 0. The molecule has 0 aromatic heterocycles. The fourth-order valence-corrected chi connectivity index (χ4v) is 3.46. The molecule has 0 aromatic rings. The second-order valence-corrected chi connectivity index (χ2v) is 10.2. The summed E-state index contributed by atoms with van der Waals surface area (Å²) in [6.45, 7) is 31.2. The fraction of sp³-hybridized carbons (Fsp3) is 1.00. The SMILES string of the molecule is C1COCCN1.C1COCCN1.C1COCCN1.C1COCCN1.C1COCCN1.C1COCCO1.C1COCCO1.CCO.CCO.CCO. The molecule has 0 bridgehead atoms. The highest BCUT2D eigenvalue weighted by molar-refractivity contribution is 4.52. The molecule has 0 radical (unpaired) electrons. The molecule has 17 nitrogen and oxygen atoms in total. The molecule has 0 atom stereocenters. The van der Waals surface area contributed by atoms with Crippen LogP contribution < -0.4 is 26.6 Å². The zero-order valence-corrected chi connectivity index (χ0v) is 32.4. The predicted octanol–water partition coefficient (Wildman–Crippen LogP) is -1.91. The van der Waals surface area contributed by atoms with Crippen LogP contribution in [0.5, 0.6) is 0 Å². The Morgan fingerprint density at radius 2 is 0.353 bits per heavy atom. The van der Waals surface area contributed by atoms with Crippen LogP contribution in [0.2, 0.25) is 0 Å². The summed E-state index contributed by atoms with van der Waals surface area (Å²) in [5.74, 6) is 0. The van der Waals surface area contributed by atoms with Gasteiger partial charge in [-0.15, -0.1) is 0 Å². The smallest absolute Gasteiger partial charge is 0.0701 e. The Labute approximate surface area is 309 Å². The van der Waals surface area contributed by atoms with Crippen LogP contribution in [0.1, 0.15) is 20.8 Å². The van der Waals surface area contributed by atoms with Crippen molar-refractivity contribution in [2.45, 2.75) is 20.8 Å². The van der Waals surface area contributed by atoms with E-state index < -0.39 is 0 Å². The lowest BCUT2D eigenvalue weighted by Crippen LogP contribution is -2.30. The quantitative estimate of drug-likeness (QED) is 0.136. The van der Waals surface area contributed by atoms with Gasteiger partial charge in [0.1, 0.15) is 0 Å². The number of aliphatic hydroxyl groups is 3. The van der Waals surface area contributed by atoms with Crippen molar-refractivity contribution in [1.29, 1.82) is 0 Å². The summed E-state index contributed by atoms with van der Waals surface area (Å²) >= 11 is 0. The molecule has 8 N–H and O–H groups in total. The van der Waals surface area contributed by atoms with Crippen LogP contribution >= 0.6 is 0 Å². The highest BCUT2D eigenvalue weighted by atomic mass is 16.6. The van der Waals surface area contributed by atoms with Crippen LogP contribution in [0.15, 0.2) is 0 Å². The average Bonchev–Trinajstić information content (AvgIpc) is 3.25. The minimum absolute atomic E-state index is 0.250. The van der Waals surface area contributed by atoms with Gasteiger partial charge >= 0.3 is 0 Å². The van der Waals surface area contributed by atoms with E-state index in [1.807, 2.05) is 0 Å². The molecule has 7 aliphatic heterocycles. The average molecular weight is 750 g/mol. The van der Waals surface area contributed by atoms with Gasteiger partial charge in [0.15, 0.2) is 0 Å². The third kappa shape index (κ3) is 64.7. The number of hydrogen-bond acceptors (Lipinski definition) is 17. The lowest BCUT2D eigenvalue weighted by molar-refractivity contribution is -0.0334. The van der Waals surface area contributed by atoms with Gasteiger partial charge in [-0.3, -0.25) is 0 Å². The van der Waals surface area contributed by atoms with Gasteiger partial charge in [0.05, 0.1) is 119 Å². The van der Waals surface area contributed by atoms with E-state index in [1.54, 1.807) is 20.8 Å². The number of ether oxygens (including phenoxy) is 9. The van der Waals surface area contributed by atoms with Gasteiger partial charge in [-0.25, -0.2) is 0 Å². The van der Waals surface area contributed by atoms with Crippen molar-refractivity contribution in [3.05, 3.63) is 0 Å². The summed E-state index contributed by atoms with van der Waals surface area (Å²) in [7, 11) is 0. The normalized spacial score (nSPS) is 20.8. The van der Waals surface area contributed by atoms with Crippen molar-refractivity contribution in [2.75, 3.05) is 204 Å². The molecule has 0 spiro atoms. The molecule has 7 aliphatic rings. The van der Waals surface area contributed by atoms with E-state index in [9.17, 15) is 0 Å². The van der Waals surface area contributed by atoms with Gasteiger partial charge < -0.3 is 84.5 Å². The molecule has 0 aliphatic carbocycles. The second kappa shape index (κ2) is 58.6. The molecular formula is C34H79N5O12. The maximum Gasteiger partial charge on any atom is 0.0701 e. The van der Waals surface area contributed by atoms with Gasteiger partial charge in [0, 0.05) is 85.3 Å². The van der Waals surface area contributed by atoms with E-state index in [0.717, 1.165) is 184 Å². The minimum Gasteiger partial charge on any atom is -0.397 e. The number of hydrogen-bond donors (Lipinski definition) is 8. The summed E-state index contributed by atoms with van der Waals surface area (Å²) in [6, 6.07) is 0. The standard InChI is InChI=1S/5C4H9NO.2C4H8O2.3C2H6O/c5*1-3-6-4-2-5-1;2*1-2-6-4-3-5-1;3*1-2-3/h5*5H,1-4H2;2*1-4H2;3*3H,2H2,1H3. The third-order valence-electron chi connectivity index (χ3n) is 5.72. The van der Waals surface area contributed by atoms with Crippen molar-refractivity contribution in [2.24, 2.45) is 0 Å². The van der Waals surface area contributed by atoms with Crippen LogP contribution in [0.4, 0.5) is 0 Å². The van der Waals surface area contributed by atoms with E-state index >= 15 is 0 Å². The number of morpholine rings is 5. The number of aliphatic hydroxyl groups excluding tert-OH is 3. The van der Waals surface area contributed by atoms with Crippen LogP contribution in [0, 0.1) is 0 Å². The topological polar surface area (TPSA) is 204 Å². The summed E-state index contributed by atoms with van der Waals surface area (Å²) < 4.78 is 44.8. The first-order valence-corrected chi connectivity index (χ1v) is 18.8. The maximum atomic E-state index is 7.57. The van der Waals surface area contributed by atoms with Crippen molar-refractivity contribution in [3.63, 3.8) is 0 Å². The Balaban J connectivity index is -0.000000508. The summed E-state index contributed by atoms with van der Waals surface area (Å²) in [5.41, 5.74) is 0. The third-order valence-corrected chi connectivity index (χ3v) is 5.72. The first kappa shape index (κ1) is 54.7. The van der Waals surface area contributed by atoms with Crippen LogP contribution in [-0.4, -0.2) is 220 Å².